The minimum absolute atomic E-state index is 0.474. The Bertz CT molecular complexity index is 431. The Morgan fingerprint density at radius 2 is 2.38 bits per heavy atom. The van der Waals surface area contributed by atoms with E-state index in [0.29, 0.717) is 6.61 Å². The minimum Gasteiger partial charge on any atom is -0.485 e. The molecular formula is C11H14BrN3O. The van der Waals surface area contributed by atoms with Gasteiger partial charge in [0.2, 0.25) is 0 Å². The van der Waals surface area contributed by atoms with Gasteiger partial charge in [-0.2, -0.15) is 0 Å². The van der Waals surface area contributed by atoms with E-state index in [-0.39, 0.29) is 0 Å². The number of benzene rings is 1. The molecule has 86 valence electrons. The molecular weight excluding hydrogens is 270 g/mol. The highest BCUT2D eigenvalue weighted by Crippen LogP contribution is 2.30. The van der Waals surface area contributed by atoms with Gasteiger partial charge in [-0.3, -0.25) is 4.99 Å². The predicted molar refractivity (Wildman–Crippen MR) is 69.1 cm³/mol. The van der Waals surface area contributed by atoms with E-state index in [0.717, 1.165) is 40.4 Å². The molecule has 1 aromatic rings. The Balaban J connectivity index is 2.07. The number of hydrogen-bond donors (Lipinski definition) is 2. The molecule has 0 saturated carbocycles. The van der Waals surface area contributed by atoms with Crippen LogP contribution in [0, 0.1) is 6.92 Å². The third kappa shape index (κ3) is 2.29. The van der Waals surface area contributed by atoms with E-state index in [2.05, 4.69) is 26.2 Å². The van der Waals surface area contributed by atoms with E-state index in [4.69, 9.17) is 10.5 Å². The van der Waals surface area contributed by atoms with Crippen LogP contribution in [0.2, 0.25) is 0 Å². The topological polar surface area (TPSA) is 59.6 Å². The molecule has 2 rings (SSSR count). The van der Waals surface area contributed by atoms with Crippen LogP contribution in [0.4, 0.5) is 5.69 Å². The van der Waals surface area contributed by atoms with Crippen LogP contribution < -0.4 is 15.8 Å². The summed E-state index contributed by atoms with van der Waals surface area (Å²) in [5.41, 5.74) is 7.57. The number of aliphatic imine (C=N–C) groups is 1. The van der Waals surface area contributed by atoms with E-state index in [1.807, 2.05) is 19.1 Å². The van der Waals surface area contributed by atoms with Gasteiger partial charge in [-0.15, -0.1) is 0 Å². The zero-order chi connectivity index (χ0) is 11.5. The molecule has 1 aliphatic rings. The van der Waals surface area contributed by atoms with E-state index < -0.39 is 0 Å². The molecule has 0 bridgehead atoms. The summed E-state index contributed by atoms with van der Waals surface area (Å²) in [7, 11) is 0. The minimum atomic E-state index is 0.474. The van der Waals surface area contributed by atoms with Crippen LogP contribution >= 0.6 is 15.9 Å². The van der Waals surface area contributed by atoms with Crippen molar-refractivity contribution in [1.29, 1.82) is 0 Å². The molecule has 1 aromatic carbocycles. The van der Waals surface area contributed by atoms with Crippen molar-refractivity contribution in [3.63, 3.8) is 0 Å². The van der Waals surface area contributed by atoms with Crippen LogP contribution in [0.15, 0.2) is 21.6 Å². The SMILES string of the molecule is Cc1c(OCC2=NCCN2)ccc(Br)c1N. The van der Waals surface area contributed by atoms with Gasteiger partial charge in [-0.1, -0.05) is 0 Å². The number of nitrogens with one attached hydrogen (secondary N) is 1. The summed E-state index contributed by atoms with van der Waals surface area (Å²) in [5, 5.41) is 3.16. The first-order chi connectivity index (χ1) is 7.68. The maximum absolute atomic E-state index is 5.89. The molecule has 0 saturated heterocycles. The third-order valence-corrected chi connectivity index (χ3v) is 3.21. The fraction of sp³-hybridized carbons (Fsp3) is 0.364. The average molecular weight is 284 g/mol. The molecule has 0 aromatic heterocycles. The number of hydrogen-bond acceptors (Lipinski definition) is 4. The van der Waals surface area contributed by atoms with Crippen molar-refractivity contribution < 1.29 is 4.74 Å². The maximum Gasteiger partial charge on any atom is 0.145 e. The number of rotatable bonds is 3. The molecule has 1 aliphatic heterocycles. The molecule has 4 nitrogen and oxygen atoms in total. The van der Waals surface area contributed by atoms with E-state index in [9.17, 15) is 0 Å². The van der Waals surface area contributed by atoms with E-state index in [1.165, 1.54) is 0 Å². The smallest absolute Gasteiger partial charge is 0.145 e. The lowest BCUT2D eigenvalue weighted by atomic mass is 10.2. The zero-order valence-electron chi connectivity index (χ0n) is 9.09. The molecule has 1 heterocycles. The maximum atomic E-state index is 5.89. The largest absolute Gasteiger partial charge is 0.485 e. The van der Waals surface area contributed by atoms with Crippen LogP contribution in [0.1, 0.15) is 5.56 Å². The third-order valence-electron chi connectivity index (χ3n) is 2.52. The van der Waals surface area contributed by atoms with Crippen molar-refractivity contribution in [1.82, 2.24) is 5.32 Å². The fourth-order valence-corrected chi connectivity index (χ4v) is 1.95. The average Bonchev–Trinajstić information content (AvgIpc) is 2.78. The van der Waals surface area contributed by atoms with Gasteiger partial charge in [0.1, 0.15) is 18.2 Å². The first kappa shape index (κ1) is 11.3. The van der Waals surface area contributed by atoms with Gasteiger partial charge in [0.05, 0.1) is 12.2 Å². The molecule has 0 atom stereocenters. The molecule has 3 N–H and O–H groups in total. The van der Waals surface area contributed by atoms with Crippen molar-refractivity contribution in [3.05, 3.63) is 22.2 Å². The number of nitrogens with two attached hydrogens (primary N) is 1. The molecule has 0 radical (unpaired) electrons. The van der Waals surface area contributed by atoms with Crippen LogP contribution in [-0.4, -0.2) is 25.5 Å². The van der Waals surface area contributed by atoms with Crippen LogP contribution in [0.5, 0.6) is 5.75 Å². The summed E-state index contributed by atoms with van der Waals surface area (Å²) in [5.74, 6) is 1.71. The number of anilines is 1. The number of nitrogen functional groups attached to an aromatic ring is 1. The zero-order valence-corrected chi connectivity index (χ0v) is 10.7. The molecule has 16 heavy (non-hydrogen) atoms. The van der Waals surface area contributed by atoms with Gasteiger partial charge in [-0.25, -0.2) is 0 Å². The Kier molecular flexibility index (Phi) is 3.33. The second-order valence-electron chi connectivity index (χ2n) is 3.63. The summed E-state index contributed by atoms with van der Waals surface area (Å²) in [6.45, 7) is 4.15. The van der Waals surface area contributed by atoms with Gasteiger partial charge in [0, 0.05) is 16.6 Å². The standard InChI is InChI=1S/C11H14BrN3O/c1-7-9(3-2-8(12)11(7)13)16-6-10-14-4-5-15-10/h2-3H,4-6,13H2,1H3,(H,14,15). The molecule has 0 aliphatic carbocycles. The lowest BCUT2D eigenvalue weighted by Crippen LogP contribution is -2.25. The lowest BCUT2D eigenvalue weighted by molar-refractivity contribution is 0.371. The number of ether oxygens (including phenoxy) is 1. The second-order valence-corrected chi connectivity index (χ2v) is 4.48. The van der Waals surface area contributed by atoms with Crippen LogP contribution in [0.3, 0.4) is 0 Å². The molecule has 5 heteroatoms. The molecule has 0 unspecified atom stereocenters. The predicted octanol–water partition coefficient (Wildman–Crippen LogP) is 1.72. The first-order valence-electron chi connectivity index (χ1n) is 5.13. The summed E-state index contributed by atoms with van der Waals surface area (Å²) in [6, 6.07) is 3.80. The normalized spacial score (nSPS) is 14.5. The van der Waals surface area contributed by atoms with Crippen molar-refractivity contribution in [3.8, 4) is 5.75 Å². The van der Waals surface area contributed by atoms with Crippen LogP contribution in [-0.2, 0) is 0 Å². The fourth-order valence-electron chi connectivity index (χ4n) is 1.52. The van der Waals surface area contributed by atoms with Gasteiger partial charge >= 0.3 is 0 Å². The summed E-state index contributed by atoms with van der Waals surface area (Å²) in [6.07, 6.45) is 0. The summed E-state index contributed by atoms with van der Waals surface area (Å²) >= 11 is 3.38. The second kappa shape index (κ2) is 4.74. The van der Waals surface area contributed by atoms with Crippen molar-refractivity contribution in [2.75, 3.05) is 25.4 Å². The Hall–Kier alpha value is -1.23. The van der Waals surface area contributed by atoms with Gasteiger partial charge in [0.15, 0.2) is 0 Å². The highest BCUT2D eigenvalue weighted by molar-refractivity contribution is 9.10. The molecule has 0 spiro atoms. The number of nitrogens with zero attached hydrogens (tertiary/aromatic N) is 1. The Labute approximate surface area is 103 Å². The van der Waals surface area contributed by atoms with E-state index >= 15 is 0 Å². The monoisotopic (exact) mass is 283 g/mol. The van der Waals surface area contributed by atoms with Crippen molar-refractivity contribution >= 4 is 27.5 Å². The first-order valence-corrected chi connectivity index (χ1v) is 5.92. The molecule has 0 amide bonds. The van der Waals surface area contributed by atoms with Crippen molar-refractivity contribution in [2.45, 2.75) is 6.92 Å². The summed E-state index contributed by atoms with van der Waals surface area (Å²) in [4.78, 5) is 4.26. The van der Waals surface area contributed by atoms with E-state index in [1.54, 1.807) is 0 Å². The Morgan fingerprint density at radius 1 is 1.56 bits per heavy atom. The van der Waals surface area contributed by atoms with Gasteiger partial charge < -0.3 is 15.8 Å². The molecule has 0 fully saturated rings. The highest BCUT2D eigenvalue weighted by atomic mass is 79.9. The van der Waals surface area contributed by atoms with Crippen molar-refractivity contribution in [2.24, 2.45) is 4.99 Å². The van der Waals surface area contributed by atoms with Crippen LogP contribution in [0.25, 0.3) is 0 Å². The van der Waals surface area contributed by atoms with Gasteiger partial charge in [-0.05, 0) is 35.0 Å². The summed E-state index contributed by atoms with van der Waals surface area (Å²) < 4.78 is 6.56. The highest BCUT2D eigenvalue weighted by Gasteiger charge is 2.09. The number of amidine groups is 1. The quantitative estimate of drug-likeness (QED) is 0.831. The lowest BCUT2D eigenvalue weighted by Gasteiger charge is -2.11. The van der Waals surface area contributed by atoms with Gasteiger partial charge in [0.25, 0.3) is 0 Å². The number of halogens is 1. The Morgan fingerprint density at radius 3 is 3.06 bits per heavy atom.